The smallest absolute Gasteiger partial charge is 1.00 e. The van der Waals surface area contributed by atoms with E-state index in [2.05, 4.69) is 0 Å². The van der Waals surface area contributed by atoms with Gasteiger partial charge in [-0.1, -0.05) is 0 Å². The van der Waals surface area contributed by atoms with Gasteiger partial charge < -0.3 is 107 Å². The molecule has 0 bridgehead atoms. The zero-order valence-corrected chi connectivity index (χ0v) is 39.8. The molecule has 22 nitrogen and oxygen atoms in total. The Kier molecular flexibility index (Phi) is 142. The second-order valence-corrected chi connectivity index (χ2v) is 7.70. The Morgan fingerprint density at radius 1 is 0.257 bits per heavy atom. The summed E-state index contributed by atoms with van der Waals surface area (Å²) >= 11 is 0. The molecule has 0 spiro atoms. The van der Waals surface area contributed by atoms with Crippen LogP contribution < -0.4 is 0 Å². The molecule has 35 heavy (non-hydrogen) atoms. The van der Waals surface area contributed by atoms with Crippen molar-refractivity contribution in [2.24, 2.45) is 0 Å². The minimum absolute atomic E-state index is 0. The Hall–Kier alpha value is 10.5. The fourth-order valence-corrected chi connectivity index (χ4v) is 0. The molecule has 0 fully saturated rings. The van der Waals surface area contributed by atoms with Gasteiger partial charge in [0.15, 0.2) is 0 Å². The molecule has 0 aromatic heterocycles. The predicted octanol–water partition coefficient (Wildman–Crippen LogP) is -7.54. The van der Waals surface area contributed by atoms with Crippen LogP contribution in [-0.2, 0) is 22.8 Å². The first kappa shape index (κ1) is 96.9. The van der Waals surface area contributed by atoms with E-state index in [9.17, 15) is 0 Å². The third kappa shape index (κ3) is 725. The van der Waals surface area contributed by atoms with Crippen LogP contribution in [0.4, 0.5) is 0 Å². The van der Waals surface area contributed by atoms with Gasteiger partial charge in [-0.3, -0.25) is 0 Å². The minimum atomic E-state index is -4.64. The quantitative estimate of drug-likeness (QED) is 0.0794. The summed E-state index contributed by atoms with van der Waals surface area (Å²) in [5, 5.41) is 0. The Labute approximate surface area is 460 Å². The topological polar surface area (TPSA) is 452 Å². The van der Waals surface area contributed by atoms with Gasteiger partial charge in [0.2, 0.25) is 0 Å². The summed E-state index contributed by atoms with van der Waals surface area (Å²) in [6.45, 7) is 0. The van der Waals surface area contributed by atoms with Crippen molar-refractivity contribution in [2.45, 2.75) is 0 Å². The Morgan fingerprint density at radius 3 is 0.257 bits per heavy atom. The Balaban J connectivity index is -0.00000000300. The normalized spacial score (nSPS) is 8.43. The molecule has 0 saturated heterocycles. The Bertz CT molecular complexity index is 439. The summed E-state index contributed by atoms with van der Waals surface area (Å²) in [7, 11) is -23.2. The maximum Gasteiger partial charge on any atom is 2.00 e. The van der Waals surface area contributed by atoms with Gasteiger partial charge in [0.05, 0.1) is 0 Å². The molecule has 0 aliphatic rings. The van der Waals surface area contributed by atoms with E-state index in [4.69, 9.17) is 96.2 Å². The van der Waals surface area contributed by atoms with Gasteiger partial charge in [-0.25, -0.2) is 22.8 Å². The first-order valence-corrected chi connectivity index (χ1v) is 11.7. The van der Waals surface area contributed by atoms with Gasteiger partial charge in [-0.05, 0) is 0 Å². The largest absolute Gasteiger partial charge is 2.00 e. The van der Waals surface area contributed by atoms with E-state index < -0.39 is 39.1 Å². The first-order valence-electron chi connectivity index (χ1n) is 3.91. The second-order valence-electron chi connectivity index (χ2n) is 2.57. The van der Waals surface area contributed by atoms with Crippen molar-refractivity contribution in [1.29, 1.82) is 0 Å². The van der Waals surface area contributed by atoms with Gasteiger partial charge in [0.1, 0.15) is 0 Å². The van der Waals surface area contributed by atoms with E-state index in [1.165, 1.54) is 0 Å². The molecular formula is H35Ca8O22P5. The average Bonchev–Trinajstić information content (AvgIpc) is 1.79. The number of hydrogen-bond donors (Lipinski definition) is 15. The van der Waals surface area contributed by atoms with Crippen molar-refractivity contribution in [3.8, 4) is 0 Å². The van der Waals surface area contributed by atoms with Crippen LogP contribution in [0.3, 0.4) is 0 Å². The third-order valence-electron chi connectivity index (χ3n) is 0. The molecule has 0 heterocycles. The van der Waals surface area contributed by atoms with Crippen molar-refractivity contribution < 1.29 is 130 Å². The third-order valence-corrected chi connectivity index (χ3v) is 0. The molecule has 0 aromatic rings. The second kappa shape index (κ2) is 51.4. The van der Waals surface area contributed by atoms with E-state index in [1.807, 2.05) is 0 Å². The van der Waals surface area contributed by atoms with Crippen molar-refractivity contribution in [3.63, 3.8) is 0 Å². The summed E-state index contributed by atoms with van der Waals surface area (Å²) in [4.78, 5) is 108. The number of phosphoric acid groups is 5. The van der Waals surface area contributed by atoms with Crippen molar-refractivity contribution in [3.05, 3.63) is 0 Å². The molecule has 35 heteroatoms. The van der Waals surface area contributed by atoms with Crippen molar-refractivity contribution >= 4 is 341 Å². The van der Waals surface area contributed by atoms with Crippen molar-refractivity contribution in [2.75, 3.05) is 0 Å². The number of hydrogen-bond acceptors (Lipinski definition) is 5. The molecule has 0 radical (unpaired) electrons. The molecule has 0 saturated carbocycles. The van der Waals surface area contributed by atoms with Crippen LogP contribution in [0.1, 0.15) is 22.8 Å². The van der Waals surface area contributed by atoms with Gasteiger partial charge in [-0.2, -0.15) is 0 Å². The van der Waals surface area contributed by atoms with Crippen molar-refractivity contribution in [1.82, 2.24) is 0 Å². The monoisotopic (exact) mass is 862 g/mol. The molecule has 0 aliphatic heterocycles. The maximum atomic E-state index is 8.88. The fourth-order valence-electron chi connectivity index (χ4n) is 0. The van der Waals surface area contributed by atoms with E-state index in [1.54, 1.807) is 0 Å². The molecule has 0 amide bonds. The van der Waals surface area contributed by atoms with E-state index in [0.29, 0.717) is 0 Å². The average molecular weight is 863 g/mol. The van der Waals surface area contributed by atoms with Crippen LogP contribution in [0.5, 0.6) is 0 Å². The molecule has 208 valence electrons. The van der Waals surface area contributed by atoms with E-state index >= 15 is 0 Å². The van der Waals surface area contributed by atoms with Crippen LogP contribution in [0.25, 0.3) is 0 Å². The van der Waals surface area contributed by atoms with E-state index in [-0.39, 0.29) is 336 Å². The van der Waals surface area contributed by atoms with Crippen LogP contribution in [0.15, 0.2) is 0 Å². The summed E-state index contributed by atoms with van der Waals surface area (Å²) in [5.41, 5.74) is 0. The predicted molar refractivity (Wildman–Crippen MR) is 142 cm³/mol. The van der Waals surface area contributed by atoms with Gasteiger partial charge in [0, 0.05) is 0 Å². The molecule has 0 rings (SSSR count). The standard InChI is InChI=1S/8Ca.5H3O4P.2H2O.16H/c;;;;;;;;5*1-5(2,3)4;;;;;;;;;;;;;;;;;;/h;;;;;;;;5*(H3,1,2,3,4);2*1H2;;;;;;;;;;;;;;;;/q8*+2;;;;;;;;16*-1. The van der Waals surface area contributed by atoms with Gasteiger partial charge in [-0.15, -0.1) is 0 Å². The van der Waals surface area contributed by atoms with Crippen LogP contribution in [0.2, 0.25) is 0 Å². The zero-order chi connectivity index (χ0) is 22.5. The number of rotatable bonds is 0. The molecule has 0 atom stereocenters. The molecule has 19 N–H and O–H groups in total. The molecule has 0 unspecified atom stereocenters. The summed E-state index contributed by atoms with van der Waals surface area (Å²) in [6, 6.07) is 0. The summed E-state index contributed by atoms with van der Waals surface area (Å²) in [5.74, 6) is 0. The fraction of sp³-hybridized carbons (Fsp3) is 0. The summed E-state index contributed by atoms with van der Waals surface area (Å²) in [6.07, 6.45) is 0. The maximum absolute atomic E-state index is 8.88. The molecular weight excluding hydrogens is 827 g/mol. The zero-order valence-electron chi connectivity index (χ0n) is 33.6. The SMILES string of the molecule is O.O.O=P(O)(O)O.O=P(O)(O)O.O=P(O)(O)O.O=P(O)(O)O.O=P(O)(O)O.[Ca+2].[Ca+2].[Ca+2].[Ca+2].[Ca+2].[Ca+2].[Ca+2].[Ca+2].[H-].[H-].[H-].[H-].[H-].[H-].[H-].[H-].[H-].[H-].[H-].[H-].[H-].[H-].[H-].[H-]. The van der Waals surface area contributed by atoms with Crippen LogP contribution in [0, 0.1) is 0 Å². The minimum Gasteiger partial charge on any atom is -1.00 e. The van der Waals surface area contributed by atoms with Gasteiger partial charge >= 0.3 is 341 Å². The van der Waals surface area contributed by atoms with E-state index in [0.717, 1.165) is 0 Å². The molecule has 0 aromatic carbocycles. The van der Waals surface area contributed by atoms with Crippen LogP contribution in [-0.4, -0.2) is 386 Å². The summed E-state index contributed by atoms with van der Waals surface area (Å²) < 4.78 is 44.4. The first-order chi connectivity index (χ1) is 10.0. The Morgan fingerprint density at radius 2 is 0.257 bits per heavy atom. The van der Waals surface area contributed by atoms with Gasteiger partial charge in [0.25, 0.3) is 0 Å². The molecule has 0 aliphatic carbocycles. The van der Waals surface area contributed by atoms with Crippen LogP contribution >= 0.6 is 39.1 Å².